The van der Waals surface area contributed by atoms with Crippen LogP contribution in [0.2, 0.25) is 0 Å². The van der Waals surface area contributed by atoms with E-state index in [1.54, 1.807) is 0 Å². The highest BCUT2D eigenvalue weighted by molar-refractivity contribution is 4.85. The number of nitrogens with zero attached hydrogens (tertiary/aromatic N) is 1. The molecule has 0 atom stereocenters. The van der Waals surface area contributed by atoms with Crippen LogP contribution in [0.3, 0.4) is 0 Å². The molecule has 0 aromatic rings. The first-order valence-corrected chi connectivity index (χ1v) is 7.36. The van der Waals surface area contributed by atoms with E-state index < -0.39 is 0 Å². The fraction of sp³-hybridized carbons (Fsp3) is 1.00. The Labute approximate surface area is 108 Å². The van der Waals surface area contributed by atoms with E-state index in [1.807, 2.05) is 7.05 Å². The lowest BCUT2D eigenvalue weighted by atomic mass is 9.69. The SMILES string of the molecule is CCC(C)(C)C1CCC(N(C)CCNC)CC1. The Morgan fingerprint density at radius 1 is 1.18 bits per heavy atom. The monoisotopic (exact) mass is 240 g/mol. The van der Waals surface area contributed by atoms with Gasteiger partial charge in [-0.1, -0.05) is 27.2 Å². The van der Waals surface area contributed by atoms with Crippen LogP contribution in [-0.2, 0) is 0 Å². The highest BCUT2D eigenvalue weighted by Gasteiger charge is 2.32. The topological polar surface area (TPSA) is 15.3 Å². The van der Waals surface area contributed by atoms with E-state index in [1.165, 1.54) is 38.6 Å². The van der Waals surface area contributed by atoms with Crippen molar-refractivity contribution in [2.45, 2.75) is 58.9 Å². The molecule has 0 radical (unpaired) electrons. The largest absolute Gasteiger partial charge is 0.318 e. The van der Waals surface area contributed by atoms with Crippen molar-refractivity contribution in [2.75, 3.05) is 27.2 Å². The lowest BCUT2D eigenvalue weighted by Crippen LogP contribution is -2.40. The summed E-state index contributed by atoms with van der Waals surface area (Å²) in [5.74, 6) is 0.946. The number of hydrogen-bond donors (Lipinski definition) is 1. The molecule has 1 N–H and O–H groups in total. The molecule has 2 nitrogen and oxygen atoms in total. The Kier molecular flexibility index (Phi) is 5.94. The summed E-state index contributed by atoms with van der Waals surface area (Å²) in [5, 5.41) is 3.24. The van der Waals surface area contributed by atoms with Crippen LogP contribution in [0.1, 0.15) is 52.9 Å². The minimum Gasteiger partial charge on any atom is -0.318 e. The van der Waals surface area contributed by atoms with Gasteiger partial charge in [0.1, 0.15) is 0 Å². The van der Waals surface area contributed by atoms with Gasteiger partial charge in [0.15, 0.2) is 0 Å². The molecule has 1 saturated carbocycles. The Hall–Kier alpha value is -0.0800. The van der Waals surface area contributed by atoms with Gasteiger partial charge in [0.25, 0.3) is 0 Å². The molecule has 2 heteroatoms. The molecule has 0 spiro atoms. The third kappa shape index (κ3) is 4.26. The average molecular weight is 240 g/mol. The minimum atomic E-state index is 0.550. The predicted molar refractivity (Wildman–Crippen MR) is 76.4 cm³/mol. The van der Waals surface area contributed by atoms with Crippen LogP contribution < -0.4 is 5.32 Å². The molecular weight excluding hydrogens is 208 g/mol. The van der Waals surface area contributed by atoms with Crippen molar-refractivity contribution >= 4 is 0 Å². The van der Waals surface area contributed by atoms with Crippen LogP contribution in [-0.4, -0.2) is 38.1 Å². The molecule has 1 aliphatic rings. The Morgan fingerprint density at radius 3 is 2.24 bits per heavy atom. The standard InChI is InChI=1S/C15H32N2/c1-6-15(2,3)13-7-9-14(10-8-13)17(5)12-11-16-4/h13-14,16H,6-12H2,1-5H3. The van der Waals surface area contributed by atoms with Crippen LogP contribution >= 0.6 is 0 Å². The summed E-state index contributed by atoms with van der Waals surface area (Å²) in [6.07, 6.45) is 6.96. The lowest BCUT2D eigenvalue weighted by molar-refractivity contribution is 0.0985. The predicted octanol–water partition coefficient (Wildman–Crippen LogP) is 3.13. The summed E-state index contributed by atoms with van der Waals surface area (Å²) < 4.78 is 0. The van der Waals surface area contributed by atoms with Gasteiger partial charge in [0.2, 0.25) is 0 Å². The second-order valence-electron chi connectivity index (χ2n) is 6.43. The minimum absolute atomic E-state index is 0.550. The van der Waals surface area contributed by atoms with Crippen LogP contribution in [0, 0.1) is 11.3 Å². The normalized spacial score (nSPS) is 26.5. The van der Waals surface area contributed by atoms with E-state index in [2.05, 4.69) is 38.0 Å². The van der Waals surface area contributed by atoms with E-state index in [0.29, 0.717) is 5.41 Å². The second kappa shape index (κ2) is 6.75. The molecule has 0 saturated heterocycles. The Morgan fingerprint density at radius 2 is 1.76 bits per heavy atom. The summed E-state index contributed by atoms with van der Waals surface area (Å²) in [4.78, 5) is 2.55. The van der Waals surface area contributed by atoms with Crippen LogP contribution in [0.25, 0.3) is 0 Å². The third-order valence-corrected chi connectivity index (χ3v) is 5.05. The van der Waals surface area contributed by atoms with Crippen LogP contribution in [0.5, 0.6) is 0 Å². The first-order chi connectivity index (χ1) is 8.01. The van der Waals surface area contributed by atoms with Crippen molar-refractivity contribution in [1.29, 1.82) is 0 Å². The zero-order valence-electron chi connectivity index (χ0n) is 12.6. The quantitative estimate of drug-likeness (QED) is 0.767. The first-order valence-electron chi connectivity index (χ1n) is 7.36. The summed E-state index contributed by atoms with van der Waals surface area (Å²) in [6.45, 7) is 9.52. The van der Waals surface area contributed by atoms with E-state index in [4.69, 9.17) is 0 Å². The van der Waals surface area contributed by atoms with Gasteiger partial charge >= 0.3 is 0 Å². The van der Waals surface area contributed by atoms with Crippen molar-refractivity contribution in [3.05, 3.63) is 0 Å². The highest BCUT2D eigenvalue weighted by atomic mass is 15.1. The van der Waals surface area contributed by atoms with Gasteiger partial charge in [-0.2, -0.15) is 0 Å². The summed E-state index contributed by atoms with van der Waals surface area (Å²) >= 11 is 0. The zero-order valence-corrected chi connectivity index (χ0v) is 12.6. The molecule has 17 heavy (non-hydrogen) atoms. The van der Waals surface area contributed by atoms with Crippen molar-refractivity contribution < 1.29 is 0 Å². The molecule has 0 unspecified atom stereocenters. The molecule has 0 heterocycles. The van der Waals surface area contributed by atoms with E-state index in [0.717, 1.165) is 18.5 Å². The van der Waals surface area contributed by atoms with Gasteiger partial charge in [-0.25, -0.2) is 0 Å². The number of likely N-dealkylation sites (N-methyl/N-ethyl adjacent to an activating group) is 2. The Bertz CT molecular complexity index is 205. The highest BCUT2D eigenvalue weighted by Crippen LogP contribution is 2.41. The molecule has 0 aromatic carbocycles. The molecule has 1 aliphatic carbocycles. The van der Waals surface area contributed by atoms with Crippen LogP contribution in [0.15, 0.2) is 0 Å². The van der Waals surface area contributed by atoms with Crippen molar-refractivity contribution in [3.63, 3.8) is 0 Å². The first kappa shape index (κ1) is 15.0. The maximum Gasteiger partial charge on any atom is 0.0107 e. The molecule has 1 rings (SSSR count). The number of rotatable bonds is 6. The molecule has 0 aliphatic heterocycles. The average Bonchev–Trinajstić information content (AvgIpc) is 2.36. The maximum absolute atomic E-state index is 3.24. The molecule has 0 bridgehead atoms. The van der Waals surface area contributed by atoms with Crippen molar-refractivity contribution in [2.24, 2.45) is 11.3 Å². The summed E-state index contributed by atoms with van der Waals surface area (Å²) in [5.41, 5.74) is 0.550. The second-order valence-corrected chi connectivity index (χ2v) is 6.43. The fourth-order valence-corrected chi connectivity index (χ4v) is 3.06. The van der Waals surface area contributed by atoms with E-state index in [-0.39, 0.29) is 0 Å². The van der Waals surface area contributed by atoms with Gasteiger partial charge in [-0.3, -0.25) is 0 Å². The van der Waals surface area contributed by atoms with E-state index >= 15 is 0 Å². The molecule has 0 aromatic heterocycles. The summed E-state index contributed by atoms with van der Waals surface area (Å²) in [7, 11) is 4.32. The van der Waals surface area contributed by atoms with Gasteiger partial charge in [0.05, 0.1) is 0 Å². The Balaban J connectivity index is 2.35. The lowest BCUT2D eigenvalue weighted by Gasteiger charge is -2.41. The van der Waals surface area contributed by atoms with Gasteiger partial charge < -0.3 is 10.2 Å². The van der Waals surface area contributed by atoms with Gasteiger partial charge in [0, 0.05) is 19.1 Å². The van der Waals surface area contributed by atoms with Gasteiger partial charge in [-0.15, -0.1) is 0 Å². The smallest absolute Gasteiger partial charge is 0.0107 e. The molecule has 0 amide bonds. The maximum atomic E-state index is 3.24. The molecule has 1 fully saturated rings. The molecule has 102 valence electrons. The van der Waals surface area contributed by atoms with Gasteiger partial charge in [-0.05, 0) is 51.1 Å². The van der Waals surface area contributed by atoms with Crippen molar-refractivity contribution in [1.82, 2.24) is 10.2 Å². The van der Waals surface area contributed by atoms with E-state index in [9.17, 15) is 0 Å². The fourth-order valence-electron chi connectivity index (χ4n) is 3.06. The number of hydrogen-bond acceptors (Lipinski definition) is 2. The zero-order chi connectivity index (χ0) is 12.9. The summed E-state index contributed by atoms with van der Waals surface area (Å²) in [6, 6.07) is 0.826. The van der Waals surface area contributed by atoms with Crippen molar-refractivity contribution in [3.8, 4) is 0 Å². The third-order valence-electron chi connectivity index (χ3n) is 5.05. The van der Waals surface area contributed by atoms with Crippen LogP contribution in [0.4, 0.5) is 0 Å². The number of nitrogens with one attached hydrogen (secondary N) is 1. The molecular formula is C15H32N2.